The van der Waals surface area contributed by atoms with E-state index < -0.39 is 30.8 Å². The van der Waals surface area contributed by atoms with Gasteiger partial charge in [0, 0.05) is 18.8 Å². The number of fused-ring (bicyclic) bond motifs is 5. The van der Waals surface area contributed by atoms with Crippen molar-refractivity contribution in [1.29, 1.82) is 0 Å². The third-order valence-corrected chi connectivity index (χ3v) is 13.0. The van der Waals surface area contributed by atoms with E-state index in [1.54, 1.807) is 0 Å². The molecule has 2 saturated carbocycles. The Morgan fingerprint density at radius 3 is 2.52 bits per heavy atom. The normalized spacial score (nSPS) is 32.2. The van der Waals surface area contributed by atoms with Crippen LogP contribution in [0.4, 0.5) is 26.3 Å². The zero-order chi connectivity index (χ0) is 34.5. The van der Waals surface area contributed by atoms with E-state index in [9.17, 15) is 27.1 Å². The maximum Gasteiger partial charge on any atom is 0.453 e. The zero-order valence-electron chi connectivity index (χ0n) is 28.6. The quantitative estimate of drug-likeness (QED) is 0.137. The lowest BCUT2D eigenvalue weighted by Gasteiger charge is -2.54. The Kier molecular flexibility index (Phi) is 13.0. The summed E-state index contributed by atoms with van der Waals surface area (Å²) < 4.78 is 91.2. The van der Waals surface area contributed by atoms with Crippen LogP contribution in [0, 0.1) is 23.2 Å². The van der Waals surface area contributed by atoms with Gasteiger partial charge in [-0.1, -0.05) is 25.8 Å². The van der Waals surface area contributed by atoms with E-state index in [-0.39, 0.29) is 30.0 Å². The lowest BCUT2D eigenvalue weighted by atomic mass is 9.51. The van der Waals surface area contributed by atoms with E-state index in [4.69, 9.17) is 9.47 Å². The number of nitrogens with zero attached hydrogens (tertiary/aromatic N) is 1. The lowest BCUT2D eigenvalue weighted by molar-refractivity contribution is -0.284. The summed E-state index contributed by atoms with van der Waals surface area (Å²) in [5.74, 6) is -2.03. The van der Waals surface area contributed by atoms with Gasteiger partial charge in [0.25, 0.3) is 0 Å². The van der Waals surface area contributed by atoms with Crippen molar-refractivity contribution in [2.45, 2.75) is 133 Å². The number of benzene rings is 1. The fraction of sp³-hybridized carbons (Fsp3) is 0.838. The topological polar surface area (TPSA) is 41.9 Å². The molecule has 0 aromatic heterocycles. The van der Waals surface area contributed by atoms with Crippen molar-refractivity contribution >= 4 is 11.8 Å². The van der Waals surface area contributed by atoms with E-state index in [0.717, 1.165) is 101 Å². The monoisotopic (exact) mass is 707 g/mol. The molecule has 0 radical (unpaired) electrons. The van der Waals surface area contributed by atoms with Gasteiger partial charge in [-0.3, -0.25) is 0 Å². The predicted octanol–water partition coefficient (Wildman–Crippen LogP) is 9.58. The minimum atomic E-state index is -5.47. The highest BCUT2D eigenvalue weighted by molar-refractivity contribution is 7.99. The van der Waals surface area contributed by atoms with Gasteiger partial charge < -0.3 is 19.5 Å². The molecule has 3 fully saturated rings. The third-order valence-electron chi connectivity index (χ3n) is 11.8. The highest BCUT2D eigenvalue weighted by Gasteiger charge is 2.60. The van der Waals surface area contributed by atoms with E-state index >= 15 is 4.39 Å². The molecule has 274 valence electrons. The first kappa shape index (κ1) is 38.1. The molecular weight excluding hydrogens is 652 g/mol. The van der Waals surface area contributed by atoms with Gasteiger partial charge in [0.05, 0.1) is 12.7 Å². The fourth-order valence-electron chi connectivity index (χ4n) is 9.21. The molecule has 48 heavy (non-hydrogen) atoms. The summed E-state index contributed by atoms with van der Waals surface area (Å²) in [7, 11) is 2.06. The molecule has 11 heteroatoms. The van der Waals surface area contributed by atoms with Crippen LogP contribution in [0.3, 0.4) is 0 Å². The van der Waals surface area contributed by atoms with Crippen LogP contribution in [0.2, 0.25) is 0 Å². The number of thioether (sulfide) groups is 1. The van der Waals surface area contributed by atoms with Crippen LogP contribution in [0.1, 0.15) is 107 Å². The maximum absolute atomic E-state index is 16.3. The van der Waals surface area contributed by atoms with Gasteiger partial charge in [0.1, 0.15) is 11.9 Å². The van der Waals surface area contributed by atoms with E-state index in [0.29, 0.717) is 30.6 Å². The molecular formula is C37H55F6NO3S. The molecule has 1 saturated heterocycles. The maximum atomic E-state index is 16.3. The van der Waals surface area contributed by atoms with Crippen molar-refractivity contribution < 1.29 is 40.9 Å². The Morgan fingerprint density at radius 1 is 1.00 bits per heavy atom. The number of ether oxygens (including phenoxy) is 2. The minimum Gasteiger partial charge on any atom is -0.465 e. The van der Waals surface area contributed by atoms with Crippen LogP contribution < -0.4 is 4.74 Å². The Labute approximate surface area is 287 Å². The van der Waals surface area contributed by atoms with Crippen LogP contribution in [0.25, 0.3) is 0 Å². The first-order valence-electron chi connectivity index (χ1n) is 18.2. The van der Waals surface area contributed by atoms with Crippen LogP contribution >= 0.6 is 11.8 Å². The lowest BCUT2D eigenvalue weighted by Crippen LogP contribution is -2.51. The molecule has 1 aliphatic heterocycles. The average Bonchev–Trinajstić information content (AvgIpc) is 3.32. The van der Waals surface area contributed by atoms with Crippen molar-refractivity contribution in [1.82, 2.24) is 4.90 Å². The van der Waals surface area contributed by atoms with E-state index in [1.165, 1.54) is 17.3 Å². The summed E-state index contributed by atoms with van der Waals surface area (Å²) in [6.45, 7) is 4.62. The van der Waals surface area contributed by atoms with Crippen LogP contribution in [0.15, 0.2) is 18.2 Å². The van der Waals surface area contributed by atoms with Gasteiger partial charge >= 0.3 is 12.1 Å². The number of aliphatic hydroxyl groups excluding tert-OH is 1. The van der Waals surface area contributed by atoms with Gasteiger partial charge in [0.2, 0.25) is 0 Å². The van der Waals surface area contributed by atoms with Gasteiger partial charge in [0.15, 0.2) is 6.29 Å². The summed E-state index contributed by atoms with van der Waals surface area (Å²) >= 11 is 1.43. The predicted molar refractivity (Wildman–Crippen MR) is 179 cm³/mol. The highest BCUT2D eigenvalue weighted by atomic mass is 32.2. The van der Waals surface area contributed by atoms with Crippen molar-refractivity contribution in [2.24, 2.45) is 23.2 Å². The van der Waals surface area contributed by atoms with Gasteiger partial charge in [-0.05, 0) is 142 Å². The molecule has 4 nitrogen and oxygen atoms in total. The number of rotatable bonds is 16. The summed E-state index contributed by atoms with van der Waals surface area (Å²) in [6.07, 6.45) is 2.69. The standard InChI is InChI=1S/C37H55F6NO3S/c1-35-24-30(38)34-28-13-12-27(47-32-11-5-7-19-46-32)23-26(28)22-25(33(34)29(35)14-15-31(35)45)10-4-3-6-17-44(2)18-9-21-48-20-8-16-36(39,40)37(41,42)43/h12-13,23,25,29-34,45H,3-11,14-22,24H2,1-2H3/t25?,29-,30-,31-,32?,33-,34-,35-/m0/s1. The summed E-state index contributed by atoms with van der Waals surface area (Å²) in [4.78, 5) is 2.25. The molecule has 2 unspecified atom stereocenters. The molecule has 5 rings (SSSR count). The van der Waals surface area contributed by atoms with E-state index in [2.05, 4.69) is 31.0 Å². The second kappa shape index (κ2) is 16.4. The molecule has 1 aromatic carbocycles. The second-order valence-corrected chi connectivity index (χ2v) is 16.4. The number of hydrogen-bond donors (Lipinski definition) is 1. The summed E-state index contributed by atoms with van der Waals surface area (Å²) in [6, 6.07) is 6.22. The van der Waals surface area contributed by atoms with Crippen molar-refractivity contribution in [3.05, 3.63) is 29.3 Å². The van der Waals surface area contributed by atoms with Crippen molar-refractivity contribution in [3.63, 3.8) is 0 Å². The third kappa shape index (κ3) is 9.00. The fourth-order valence-corrected chi connectivity index (χ4v) is 10.1. The molecule has 0 bridgehead atoms. The number of aliphatic hydroxyl groups is 1. The molecule has 0 amide bonds. The van der Waals surface area contributed by atoms with Crippen LogP contribution in [-0.4, -0.2) is 78.9 Å². The molecule has 1 heterocycles. The smallest absolute Gasteiger partial charge is 0.453 e. The highest BCUT2D eigenvalue weighted by Crippen LogP contribution is 2.63. The second-order valence-electron chi connectivity index (χ2n) is 15.2. The Balaban J connectivity index is 1.10. The molecule has 8 atom stereocenters. The van der Waals surface area contributed by atoms with E-state index in [1.807, 2.05) is 6.07 Å². The van der Waals surface area contributed by atoms with Crippen molar-refractivity contribution in [3.8, 4) is 5.75 Å². The average molecular weight is 708 g/mol. The summed E-state index contributed by atoms with van der Waals surface area (Å²) in [5, 5.41) is 11.0. The Hall–Kier alpha value is -1.17. The molecule has 1 aromatic rings. The summed E-state index contributed by atoms with van der Waals surface area (Å²) in [5.41, 5.74) is 1.96. The number of halogens is 6. The van der Waals surface area contributed by atoms with Gasteiger partial charge in [-0.25, -0.2) is 4.39 Å². The Bertz CT molecular complexity index is 1170. The van der Waals surface area contributed by atoms with Crippen LogP contribution in [-0.2, 0) is 11.2 Å². The largest absolute Gasteiger partial charge is 0.465 e. The SMILES string of the molecule is CN(CCCCCC1Cc2cc(OC3CCCCO3)ccc2[C@@H]2[C@@H]1[C@@H]1CC[C@H](O)[C@@]1(C)C[C@@H]2F)CCCSCCCC(F)(F)C(F)(F)F. The number of alkyl halides is 6. The van der Waals surface area contributed by atoms with Gasteiger partial charge in [-0.15, -0.1) is 0 Å². The number of hydrogen-bond acceptors (Lipinski definition) is 5. The van der Waals surface area contributed by atoms with Gasteiger partial charge in [-0.2, -0.15) is 33.7 Å². The molecule has 3 aliphatic carbocycles. The molecule has 4 aliphatic rings. The van der Waals surface area contributed by atoms with Crippen LogP contribution in [0.5, 0.6) is 5.75 Å². The zero-order valence-corrected chi connectivity index (χ0v) is 29.4. The first-order chi connectivity index (χ1) is 22.8. The number of unbranched alkanes of at least 4 members (excludes halogenated alkanes) is 2. The van der Waals surface area contributed by atoms with Crippen molar-refractivity contribution in [2.75, 3.05) is 38.2 Å². The first-order valence-corrected chi connectivity index (χ1v) is 19.4. The molecule has 1 N–H and O–H groups in total. The Morgan fingerprint density at radius 2 is 1.77 bits per heavy atom. The molecule has 0 spiro atoms. The minimum absolute atomic E-state index is 0.146.